The van der Waals surface area contributed by atoms with Gasteiger partial charge in [-0.25, -0.2) is 5.10 Å². The SMILES string of the molecule is CC(C)Nc1ccc(-c2nn[nH]c2C#N)cc1/C=C/c1cccc(C(F)(F)F)c1. The van der Waals surface area contributed by atoms with Gasteiger partial charge in [0.05, 0.1) is 5.56 Å². The normalized spacial score (nSPS) is 11.8. The maximum atomic E-state index is 12.9. The van der Waals surface area contributed by atoms with Crippen LogP contribution in [0.3, 0.4) is 0 Å². The number of aromatic nitrogens is 3. The molecular weight excluding hydrogens is 379 g/mol. The molecular formula is C21H18F3N5. The lowest BCUT2D eigenvalue weighted by Crippen LogP contribution is -2.10. The number of rotatable bonds is 5. The van der Waals surface area contributed by atoms with E-state index in [1.165, 1.54) is 6.07 Å². The van der Waals surface area contributed by atoms with Crippen LogP contribution in [0.1, 0.15) is 36.2 Å². The molecule has 1 aromatic heterocycles. The molecule has 0 radical (unpaired) electrons. The van der Waals surface area contributed by atoms with Crippen molar-refractivity contribution < 1.29 is 13.2 Å². The number of hydrogen-bond acceptors (Lipinski definition) is 4. The van der Waals surface area contributed by atoms with E-state index in [0.29, 0.717) is 16.8 Å². The number of nitrogens with zero attached hydrogens (tertiary/aromatic N) is 3. The molecule has 0 aliphatic heterocycles. The molecule has 29 heavy (non-hydrogen) atoms. The number of hydrogen-bond donors (Lipinski definition) is 2. The van der Waals surface area contributed by atoms with Crippen LogP contribution in [0.5, 0.6) is 0 Å². The quantitative estimate of drug-likeness (QED) is 0.569. The number of anilines is 1. The maximum Gasteiger partial charge on any atom is 0.416 e. The first-order chi connectivity index (χ1) is 13.8. The van der Waals surface area contributed by atoms with E-state index in [4.69, 9.17) is 0 Å². The fourth-order valence-electron chi connectivity index (χ4n) is 2.80. The molecule has 0 spiro atoms. The van der Waals surface area contributed by atoms with Crippen LogP contribution in [0, 0.1) is 11.3 Å². The molecule has 0 fully saturated rings. The Morgan fingerprint density at radius 1 is 1.14 bits per heavy atom. The van der Waals surface area contributed by atoms with Gasteiger partial charge in [0.15, 0.2) is 5.69 Å². The zero-order valence-corrected chi connectivity index (χ0v) is 15.7. The van der Waals surface area contributed by atoms with Crippen molar-refractivity contribution >= 4 is 17.8 Å². The van der Waals surface area contributed by atoms with Crippen molar-refractivity contribution in [2.45, 2.75) is 26.1 Å². The Hall–Kier alpha value is -3.60. The van der Waals surface area contributed by atoms with Gasteiger partial charge in [0.2, 0.25) is 0 Å². The molecule has 0 bridgehead atoms. The third-order valence-electron chi connectivity index (χ3n) is 4.10. The molecule has 0 saturated carbocycles. The predicted octanol–water partition coefficient (Wildman–Crippen LogP) is 5.35. The summed E-state index contributed by atoms with van der Waals surface area (Å²) in [7, 11) is 0. The summed E-state index contributed by atoms with van der Waals surface area (Å²) in [5.74, 6) is 0. The van der Waals surface area contributed by atoms with Crippen LogP contribution < -0.4 is 5.32 Å². The molecule has 148 valence electrons. The number of halogens is 3. The van der Waals surface area contributed by atoms with E-state index in [9.17, 15) is 18.4 Å². The summed E-state index contributed by atoms with van der Waals surface area (Å²) in [6.07, 6.45) is -1.04. The third-order valence-corrected chi connectivity index (χ3v) is 4.10. The highest BCUT2D eigenvalue weighted by atomic mass is 19.4. The highest BCUT2D eigenvalue weighted by Gasteiger charge is 2.30. The van der Waals surface area contributed by atoms with Crippen molar-refractivity contribution in [3.63, 3.8) is 0 Å². The largest absolute Gasteiger partial charge is 0.416 e. The first-order valence-corrected chi connectivity index (χ1v) is 8.85. The molecule has 2 aromatic carbocycles. The van der Waals surface area contributed by atoms with Gasteiger partial charge in [0.1, 0.15) is 11.8 Å². The monoisotopic (exact) mass is 397 g/mol. The number of aromatic amines is 1. The van der Waals surface area contributed by atoms with Crippen molar-refractivity contribution in [3.05, 3.63) is 64.8 Å². The van der Waals surface area contributed by atoms with Crippen LogP contribution in [0.25, 0.3) is 23.4 Å². The van der Waals surface area contributed by atoms with Crippen molar-refractivity contribution in [1.29, 1.82) is 5.26 Å². The van der Waals surface area contributed by atoms with Crippen LogP contribution in [0.2, 0.25) is 0 Å². The van der Waals surface area contributed by atoms with Gasteiger partial charge in [-0.05, 0) is 49.2 Å². The molecule has 0 aliphatic rings. The molecule has 5 nitrogen and oxygen atoms in total. The molecule has 0 saturated heterocycles. The molecule has 0 aliphatic carbocycles. The van der Waals surface area contributed by atoms with Crippen LogP contribution >= 0.6 is 0 Å². The maximum absolute atomic E-state index is 12.9. The van der Waals surface area contributed by atoms with Gasteiger partial charge < -0.3 is 5.32 Å². The highest BCUT2D eigenvalue weighted by Crippen LogP contribution is 2.31. The summed E-state index contributed by atoms with van der Waals surface area (Å²) in [6, 6.07) is 12.7. The topological polar surface area (TPSA) is 77.4 Å². The summed E-state index contributed by atoms with van der Waals surface area (Å²) in [5, 5.41) is 22.6. The average Bonchev–Trinajstić information content (AvgIpc) is 3.15. The smallest absolute Gasteiger partial charge is 0.382 e. The summed E-state index contributed by atoms with van der Waals surface area (Å²) < 4.78 is 38.8. The Bertz CT molecular complexity index is 1070. The van der Waals surface area contributed by atoms with Gasteiger partial charge in [-0.1, -0.05) is 35.6 Å². The van der Waals surface area contributed by atoms with Gasteiger partial charge in [-0.3, -0.25) is 0 Å². The van der Waals surface area contributed by atoms with Crippen molar-refractivity contribution in [1.82, 2.24) is 15.4 Å². The van der Waals surface area contributed by atoms with Crippen LogP contribution in [0.15, 0.2) is 42.5 Å². The zero-order chi connectivity index (χ0) is 21.0. The Morgan fingerprint density at radius 3 is 2.62 bits per heavy atom. The van der Waals surface area contributed by atoms with Crippen molar-refractivity contribution in [2.75, 3.05) is 5.32 Å². The first kappa shape index (κ1) is 20.1. The van der Waals surface area contributed by atoms with E-state index < -0.39 is 11.7 Å². The van der Waals surface area contributed by atoms with Crippen molar-refractivity contribution in [3.8, 4) is 17.3 Å². The number of alkyl halides is 3. The predicted molar refractivity (Wildman–Crippen MR) is 106 cm³/mol. The Labute approximate surface area is 165 Å². The van der Waals surface area contributed by atoms with Crippen LogP contribution in [-0.4, -0.2) is 21.5 Å². The molecule has 0 atom stereocenters. The number of nitrogens with one attached hydrogen (secondary N) is 2. The summed E-state index contributed by atoms with van der Waals surface area (Å²) in [5.41, 5.74) is 2.62. The second-order valence-corrected chi connectivity index (χ2v) is 6.70. The second-order valence-electron chi connectivity index (χ2n) is 6.70. The average molecular weight is 397 g/mol. The van der Waals surface area contributed by atoms with Gasteiger partial charge in [-0.2, -0.15) is 18.4 Å². The van der Waals surface area contributed by atoms with Gasteiger partial charge in [0, 0.05) is 17.3 Å². The number of H-pyrrole nitrogens is 1. The lowest BCUT2D eigenvalue weighted by Gasteiger charge is -2.14. The minimum atomic E-state index is -4.39. The molecule has 3 aromatic rings. The third kappa shape index (κ3) is 4.82. The van der Waals surface area contributed by atoms with E-state index in [2.05, 4.69) is 20.7 Å². The molecule has 0 amide bonds. The van der Waals surface area contributed by atoms with E-state index in [1.54, 1.807) is 18.2 Å². The second kappa shape index (κ2) is 8.19. The van der Waals surface area contributed by atoms with E-state index in [-0.39, 0.29) is 11.7 Å². The fourth-order valence-corrected chi connectivity index (χ4v) is 2.80. The van der Waals surface area contributed by atoms with Crippen LogP contribution in [0.4, 0.5) is 18.9 Å². The molecule has 2 N–H and O–H groups in total. The first-order valence-electron chi connectivity index (χ1n) is 8.85. The fraction of sp³-hybridized carbons (Fsp3) is 0.190. The molecule has 0 unspecified atom stereocenters. The highest BCUT2D eigenvalue weighted by molar-refractivity contribution is 5.81. The van der Waals surface area contributed by atoms with E-state index >= 15 is 0 Å². The van der Waals surface area contributed by atoms with Gasteiger partial charge in [0.25, 0.3) is 0 Å². The van der Waals surface area contributed by atoms with Gasteiger partial charge >= 0.3 is 6.18 Å². The summed E-state index contributed by atoms with van der Waals surface area (Å²) in [4.78, 5) is 0. The standard InChI is InChI=1S/C21H18F3N5/c1-13(2)26-18-9-8-16(20-19(12-25)27-29-28-20)11-15(18)7-6-14-4-3-5-17(10-14)21(22,23)24/h3-11,13,26H,1-2H3,(H,27,28,29)/b7-6+. The Kier molecular flexibility index (Phi) is 5.69. The van der Waals surface area contributed by atoms with E-state index in [1.807, 2.05) is 38.1 Å². The lowest BCUT2D eigenvalue weighted by atomic mass is 10.0. The summed E-state index contributed by atoms with van der Waals surface area (Å²) >= 11 is 0. The number of benzene rings is 2. The number of nitriles is 1. The van der Waals surface area contributed by atoms with Crippen molar-refractivity contribution in [2.24, 2.45) is 0 Å². The van der Waals surface area contributed by atoms with E-state index in [0.717, 1.165) is 23.4 Å². The minimum absolute atomic E-state index is 0.156. The zero-order valence-electron chi connectivity index (χ0n) is 15.7. The lowest BCUT2D eigenvalue weighted by molar-refractivity contribution is -0.137. The minimum Gasteiger partial charge on any atom is -0.382 e. The van der Waals surface area contributed by atoms with Gasteiger partial charge in [-0.15, -0.1) is 5.10 Å². The Morgan fingerprint density at radius 2 is 1.93 bits per heavy atom. The molecule has 8 heteroatoms. The molecule has 1 heterocycles. The molecule has 3 rings (SSSR count). The summed E-state index contributed by atoms with van der Waals surface area (Å²) in [6.45, 7) is 3.97. The Balaban J connectivity index is 2.01. The van der Waals surface area contributed by atoms with Crippen LogP contribution in [-0.2, 0) is 6.18 Å².